The Bertz CT molecular complexity index is 1150. The molecule has 1 atom stereocenters. The lowest BCUT2D eigenvalue weighted by Crippen LogP contribution is -2.36. The molecular formula is C25H30N4O3. The van der Waals surface area contributed by atoms with E-state index in [1.165, 1.54) is 19.3 Å². The number of hydrogen-bond donors (Lipinski definition) is 1. The monoisotopic (exact) mass is 434 g/mol. The minimum atomic E-state index is -0.156. The topological polar surface area (TPSA) is 80.4 Å². The zero-order valence-electron chi connectivity index (χ0n) is 18.4. The van der Waals surface area contributed by atoms with Crippen LogP contribution in [-0.4, -0.2) is 40.0 Å². The molecule has 5 rings (SSSR count). The van der Waals surface area contributed by atoms with Gasteiger partial charge in [0.05, 0.1) is 23.2 Å². The van der Waals surface area contributed by atoms with E-state index in [-0.39, 0.29) is 17.5 Å². The zero-order valence-corrected chi connectivity index (χ0v) is 18.4. The largest absolute Gasteiger partial charge is 0.468 e. The van der Waals surface area contributed by atoms with Gasteiger partial charge in [-0.25, -0.2) is 4.98 Å². The molecule has 0 spiro atoms. The average molecular weight is 435 g/mol. The van der Waals surface area contributed by atoms with Gasteiger partial charge >= 0.3 is 0 Å². The lowest BCUT2D eigenvalue weighted by Gasteiger charge is -2.26. The fraction of sp³-hybridized carbons (Fsp3) is 0.480. The Morgan fingerprint density at radius 2 is 1.88 bits per heavy atom. The Hall–Kier alpha value is -2.93. The van der Waals surface area contributed by atoms with Crippen molar-refractivity contribution in [2.75, 3.05) is 19.6 Å². The number of hydrogen-bond acceptors (Lipinski definition) is 5. The summed E-state index contributed by atoms with van der Waals surface area (Å²) < 4.78 is 7.47. The lowest BCUT2D eigenvalue weighted by molar-refractivity contribution is 0.0934. The van der Waals surface area contributed by atoms with Gasteiger partial charge in [-0.05, 0) is 69.1 Å². The summed E-state index contributed by atoms with van der Waals surface area (Å²) in [6, 6.07) is 9.11. The maximum absolute atomic E-state index is 13.0. The quantitative estimate of drug-likeness (QED) is 0.663. The van der Waals surface area contributed by atoms with E-state index >= 15 is 0 Å². The molecule has 0 saturated carbocycles. The van der Waals surface area contributed by atoms with Crippen LogP contribution in [0.5, 0.6) is 0 Å². The van der Waals surface area contributed by atoms with Crippen LogP contribution in [0.2, 0.25) is 0 Å². The third kappa shape index (κ3) is 4.21. The van der Waals surface area contributed by atoms with Gasteiger partial charge in [0.2, 0.25) is 0 Å². The normalized spacial score (nSPS) is 18.1. The summed E-state index contributed by atoms with van der Waals surface area (Å²) in [5, 5.41) is 3.65. The van der Waals surface area contributed by atoms with E-state index in [0.717, 1.165) is 56.9 Å². The summed E-state index contributed by atoms with van der Waals surface area (Å²) in [5.74, 6) is 1.56. The Morgan fingerprint density at radius 3 is 2.69 bits per heavy atom. The smallest absolute Gasteiger partial charge is 0.261 e. The molecule has 0 aliphatic carbocycles. The van der Waals surface area contributed by atoms with Crippen molar-refractivity contribution in [1.82, 2.24) is 19.8 Å². The SMILES string of the molecule is O=C(NC[C@H](c1ccco1)N1CCCC1)c1ccc2c(=O)n3c(nc2c1)CCCCCC3. The summed E-state index contributed by atoms with van der Waals surface area (Å²) in [4.78, 5) is 33.1. The van der Waals surface area contributed by atoms with Gasteiger partial charge in [0, 0.05) is 25.1 Å². The van der Waals surface area contributed by atoms with E-state index in [4.69, 9.17) is 9.40 Å². The highest BCUT2D eigenvalue weighted by Gasteiger charge is 2.26. The van der Waals surface area contributed by atoms with Crippen LogP contribution in [0.4, 0.5) is 0 Å². The van der Waals surface area contributed by atoms with Gasteiger partial charge in [0.15, 0.2) is 0 Å². The number of carbonyl (C=O) groups excluding carboxylic acids is 1. The van der Waals surface area contributed by atoms with Crippen molar-refractivity contribution in [3.63, 3.8) is 0 Å². The van der Waals surface area contributed by atoms with Gasteiger partial charge in [-0.1, -0.05) is 12.8 Å². The van der Waals surface area contributed by atoms with Crippen molar-refractivity contribution in [2.24, 2.45) is 0 Å². The molecule has 7 heteroatoms. The molecule has 1 N–H and O–H groups in total. The molecule has 0 radical (unpaired) electrons. The third-order valence-electron chi connectivity index (χ3n) is 6.74. The van der Waals surface area contributed by atoms with Crippen molar-refractivity contribution in [1.29, 1.82) is 0 Å². The fourth-order valence-corrected chi connectivity index (χ4v) is 4.97. The van der Waals surface area contributed by atoms with Crippen LogP contribution in [0.25, 0.3) is 10.9 Å². The second kappa shape index (κ2) is 9.28. The number of nitrogens with one attached hydrogen (secondary N) is 1. The first-order valence-electron chi connectivity index (χ1n) is 11.8. The molecule has 1 amide bonds. The van der Waals surface area contributed by atoms with Crippen molar-refractivity contribution >= 4 is 16.8 Å². The predicted octanol–water partition coefficient (Wildman–Crippen LogP) is 3.67. The highest BCUT2D eigenvalue weighted by atomic mass is 16.3. The van der Waals surface area contributed by atoms with E-state index in [2.05, 4.69) is 10.2 Å². The van der Waals surface area contributed by atoms with E-state index in [1.54, 1.807) is 24.5 Å². The summed E-state index contributed by atoms with van der Waals surface area (Å²) in [6.07, 6.45) is 9.20. The van der Waals surface area contributed by atoms with E-state index in [9.17, 15) is 9.59 Å². The number of amides is 1. The Morgan fingerprint density at radius 1 is 1.06 bits per heavy atom. The van der Waals surface area contributed by atoms with Gasteiger partial charge in [0.25, 0.3) is 11.5 Å². The molecule has 1 aromatic carbocycles. The molecule has 1 saturated heterocycles. The Balaban J connectivity index is 1.37. The first-order chi connectivity index (χ1) is 15.7. The zero-order chi connectivity index (χ0) is 21.9. The molecule has 3 aromatic rings. The van der Waals surface area contributed by atoms with Gasteiger partial charge in [0.1, 0.15) is 11.6 Å². The molecule has 0 bridgehead atoms. The number of aromatic nitrogens is 2. The van der Waals surface area contributed by atoms with Crippen LogP contribution in [0.3, 0.4) is 0 Å². The number of furan rings is 1. The number of benzene rings is 1. The van der Waals surface area contributed by atoms with E-state index < -0.39 is 0 Å². The van der Waals surface area contributed by atoms with Crippen LogP contribution in [0.15, 0.2) is 45.8 Å². The number of aryl methyl sites for hydroxylation is 1. The second-order valence-corrected chi connectivity index (χ2v) is 8.87. The summed E-state index contributed by atoms with van der Waals surface area (Å²) >= 11 is 0. The molecule has 0 unspecified atom stereocenters. The van der Waals surface area contributed by atoms with Gasteiger partial charge in [-0.2, -0.15) is 0 Å². The van der Waals surface area contributed by atoms with Crippen LogP contribution in [0, 0.1) is 0 Å². The van der Waals surface area contributed by atoms with Crippen molar-refractivity contribution in [3.05, 3.63) is 64.1 Å². The first kappa shape index (κ1) is 20.9. The maximum Gasteiger partial charge on any atom is 0.261 e. The lowest BCUT2D eigenvalue weighted by atomic mass is 10.1. The highest BCUT2D eigenvalue weighted by molar-refractivity contribution is 5.97. The highest BCUT2D eigenvalue weighted by Crippen LogP contribution is 2.25. The van der Waals surface area contributed by atoms with Crippen LogP contribution >= 0.6 is 0 Å². The fourth-order valence-electron chi connectivity index (χ4n) is 4.97. The maximum atomic E-state index is 13.0. The van der Waals surface area contributed by atoms with E-state index in [1.807, 2.05) is 16.7 Å². The summed E-state index contributed by atoms with van der Waals surface area (Å²) in [7, 11) is 0. The van der Waals surface area contributed by atoms with Crippen molar-refractivity contribution < 1.29 is 9.21 Å². The molecule has 1 fully saturated rings. The van der Waals surface area contributed by atoms with Gasteiger partial charge < -0.3 is 9.73 Å². The number of likely N-dealkylation sites (tertiary alicyclic amines) is 1. The molecule has 2 aliphatic rings. The van der Waals surface area contributed by atoms with E-state index in [0.29, 0.717) is 23.0 Å². The molecule has 168 valence electrons. The second-order valence-electron chi connectivity index (χ2n) is 8.87. The predicted molar refractivity (Wildman–Crippen MR) is 123 cm³/mol. The number of nitrogens with zero attached hydrogens (tertiary/aromatic N) is 3. The molecule has 2 aliphatic heterocycles. The molecule has 7 nitrogen and oxygen atoms in total. The first-order valence-corrected chi connectivity index (χ1v) is 11.8. The Labute approximate surface area is 187 Å². The van der Waals surface area contributed by atoms with Crippen molar-refractivity contribution in [3.8, 4) is 0 Å². The third-order valence-corrected chi connectivity index (χ3v) is 6.74. The summed E-state index contributed by atoms with van der Waals surface area (Å²) in [6.45, 7) is 3.22. The minimum Gasteiger partial charge on any atom is -0.468 e. The van der Waals surface area contributed by atoms with Crippen molar-refractivity contribution in [2.45, 2.75) is 57.5 Å². The average Bonchev–Trinajstić information content (AvgIpc) is 3.50. The number of fused-ring (bicyclic) bond motifs is 2. The van der Waals surface area contributed by atoms with Gasteiger partial charge in [-0.3, -0.25) is 19.1 Å². The number of rotatable bonds is 5. The minimum absolute atomic E-state index is 0.00535. The standard InChI is InChI=1S/C25H30N4O3/c30-24(26-17-21(22-8-7-15-32-22)28-12-5-6-13-28)18-10-11-19-20(16-18)27-23-9-3-1-2-4-14-29(23)25(19)31/h7-8,10-11,15-16,21H,1-6,9,12-14,17H2,(H,26,30)/t21-/m1/s1. The summed E-state index contributed by atoms with van der Waals surface area (Å²) in [5.41, 5.74) is 1.14. The van der Waals surface area contributed by atoms with Crippen LogP contribution in [0.1, 0.15) is 66.5 Å². The van der Waals surface area contributed by atoms with Gasteiger partial charge in [-0.15, -0.1) is 0 Å². The molecule has 2 aromatic heterocycles. The van der Waals surface area contributed by atoms with Crippen LogP contribution < -0.4 is 10.9 Å². The molecule has 4 heterocycles. The number of carbonyl (C=O) groups is 1. The molecule has 32 heavy (non-hydrogen) atoms. The Kier molecular flexibility index (Phi) is 6.08. The molecular weight excluding hydrogens is 404 g/mol. The van der Waals surface area contributed by atoms with Crippen LogP contribution in [-0.2, 0) is 13.0 Å².